The summed E-state index contributed by atoms with van der Waals surface area (Å²) in [6, 6.07) is 8.04. The number of piperidine rings is 1. The van der Waals surface area contributed by atoms with Gasteiger partial charge in [0.25, 0.3) is 5.91 Å². The van der Waals surface area contributed by atoms with E-state index < -0.39 is 53.9 Å². The molecule has 0 saturated carbocycles. The standard InChI is InChI=1S/C23H19ClF2N2O4/c24-16-5-3-15(4-6-16)23(25,26)19(29)9-2-13-1-7-17-14(11-13)12-28(22(17)32)18-8-10-20(30)27-21(18)31/h1,3-7,11,18H,2,8-10,12H2,(H,27,30,31)/i2D/hD. The zero-order chi connectivity index (χ0) is 24.8. The number of carbonyl (C=O) groups excluding carboxylic acids is 4. The second-order valence-corrected chi connectivity index (χ2v) is 8.10. The molecule has 1 saturated heterocycles. The van der Waals surface area contributed by atoms with Crippen LogP contribution in [0.5, 0.6) is 0 Å². The highest BCUT2D eigenvalue weighted by atomic mass is 35.5. The van der Waals surface area contributed by atoms with Crippen molar-refractivity contribution in [1.29, 1.82) is 0 Å². The predicted molar refractivity (Wildman–Crippen MR) is 111 cm³/mol. The first-order valence-electron chi connectivity index (χ1n) is 10.9. The summed E-state index contributed by atoms with van der Waals surface area (Å²) in [4.78, 5) is 50.3. The summed E-state index contributed by atoms with van der Waals surface area (Å²) in [5, 5.41) is 0.520. The Labute approximate surface area is 190 Å². The molecule has 6 nitrogen and oxygen atoms in total. The lowest BCUT2D eigenvalue weighted by atomic mass is 9.97. The van der Waals surface area contributed by atoms with Crippen LogP contribution in [0.15, 0.2) is 42.5 Å². The highest BCUT2D eigenvalue weighted by molar-refractivity contribution is 6.30. The van der Waals surface area contributed by atoms with Gasteiger partial charge >= 0.3 is 5.92 Å². The molecule has 3 amide bonds. The third-order valence-corrected chi connectivity index (χ3v) is 5.82. The maximum absolute atomic E-state index is 14.6. The van der Waals surface area contributed by atoms with Crippen molar-refractivity contribution in [2.75, 3.05) is 0 Å². The van der Waals surface area contributed by atoms with Crippen molar-refractivity contribution in [1.82, 2.24) is 10.2 Å². The fourth-order valence-electron chi connectivity index (χ4n) is 3.83. The third-order valence-electron chi connectivity index (χ3n) is 5.57. The number of rotatable bonds is 6. The van der Waals surface area contributed by atoms with Crippen LogP contribution in [-0.4, -0.2) is 34.4 Å². The Morgan fingerprint density at radius 1 is 1.22 bits per heavy atom. The van der Waals surface area contributed by atoms with E-state index in [-0.39, 0.29) is 40.8 Å². The van der Waals surface area contributed by atoms with E-state index in [1.54, 1.807) is 0 Å². The monoisotopic (exact) mass is 462 g/mol. The van der Waals surface area contributed by atoms with Crippen LogP contribution in [0, 0.1) is 0 Å². The number of alkyl halides is 2. The first-order chi connectivity index (χ1) is 16.0. The van der Waals surface area contributed by atoms with Crippen molar-refractivity contribution in [2.24, 2.45) is 0 Å². The van der Waals surface area contributed by atoms with Gasteiger partial charge in [-0.2, -0.15) is 8.78 Å². The minimum absolute atomic E-state index is 0.0159. The molecule has 4 rings (SSSR count). The molecular formula is C23H19ClF2N2O4. The first-order valence-corrected chi connectivity index (χ1v) is 10.3. The van der Waals surface area contributed by atoms with Gasteiger partial charge in [0.05, 0.1) is 0 Å². The van der Waals surface area contributed by atoms with Gasteiger partial charge in [0.1, 0.15) is 6.04 Å². The van der Waals surface area contributed by atoms with Gasteiger partial charge in [-0.1, -0.05) is 35.9 Å². The molecule has 2 heterocycles. The van der Waals surface area contributed by atoms with Crippen LogP contribution in [0.3, 0.4) is 0 Å². The number of Topliss-reactive ketones (excluding diaryl/α,β-unsaturated/α-hetero) is 1. The third kappa shape index (κ3) is 4.14. The van der Waals surface area contributed by atoms with Gasteiger partial charge in [-0.25, -0.2) is 0 Å². The van der Waals surface area contributed by atoms with Crippen LogP contribution >= 0.6 is 11.6 Å². The smallest absolute Gasteiger partial charge is 0.322 e. The molecule has 2 unspecified atom stereocenters. The number of nitrogens with one attached hydrogen (secondary N) is 1. The van der Waals surface area contributed by atoms with Crippen LogP contribution in [0.4, 0.5) is 8.78 Å². The first kappa shape index (κ1) is 19.5. The number of benzene rings is 2. The molecule has 0 aliphatic carbocycles. The van der Waals surface area contributed by atoms with E-state index in [9.17, 15) is 28.0 Å². The molecule has 9 heteroatoms. The molecule has 2 aliphatic heterocycles. The second-order valence-electron chi connectivity index (χ2n) is 7.66. The minimum Gasteiger partial charge on any atom is -0.322 e. The number of ketones is 1. The quantitative estimate of drug-likeness (QED) is 0.667. The molecule has 166 valence electrons. The molecule has 2 aliphatic rings. The molecule has 1 N–H and O–H groups in total. The van der Waals surface area contributed by atoms with Crippen molar-refractivity contribution in [3.05, 3.63) is 69.7 Å². The van der Waals surface area contributed by atoms with Crippen molar-refractivity contribution in [3.63, 3.8) is 0 Å². The van der Waals surface area contributed by atoms with Crippen LogP contribution in [-0.2, 0) is 33.2 Å². The van der Waals surface area contributed by atoms with E-state index in [2.05, 4.69) is 0 Å². The second kappa shape index (κ2) is 8.43. The topological polar surface area (TPSA) is 83.6 Å². The summed E-state index contributed by atoms with van der Waals surface area (Å²) >= 11 is 5.71. The number of hydrogen-bond acceptors (Lipinski definition) is 4. The summed E-state index contributed by atoms with van der Waals surface area (Å²) in [5.74, 6) is -7.07. The van der Waals surface area contributed by atoms with Gasteiger partial charge in [0.15, 0.2) is 1.41 Å². The number of carbonyl (C=O) groups is 4. The number of imide groups is 1. The maximum atomic E-state index is 14.6. The average Bonchev–Trinajstić information content (AvgIpc) is 3.13. The Kier molecular flexibility index (Phi) is 5.15. The molecule has 0 spiro atoms. The Morgan fingerprint density at radius 2 is 1.94 bits per heavy atom. The summed E-state index contributed by atoms with van der Waals surface area (Å²) in [6.07, 6.45) is -1.97. The lowest BCUT2D eigenvalue weighted by molar-refractivity contribution is -0.144. The largest absolute Gasteiger partial charge is 0.330 e. The lowest BCUT2D eigenvalue weighted by Gasteiger charge is -2.29. The fourth-order valence-corrected chi connectivity index (χ4v) is 3.95. The van der Waals surface area contributed by atoms with Crippen molar-refractivity contribution >= 4 is 35.1 Å². The molecule has 0 aromatic heterocycles. The van der Waals surface area contributed by atoms with E-state index in [1.807, 2.05) is 0 Å². The van der Waals surface area contributed by atoms with Gasteiger partial charge in [-0.15, -0.1) is 0 Å². The van der Waals surface area contributed by atoms with Gasteiger partial charge in [-0.3, -0.25) is 24.5 Å². The van der Waals surface area contributed by atoms with E-state index in [1.165, 1.54) is 35.2 Å². The highest BCUT2D eigenvalue weighted by Gasteiger charge is 2.41. The van der Waals surface area contributed by atoms with Crippen LogP contribution in [0.25, 0.3) is 0 Å². The summed E-state index contributed by atoms with van der Waals surface area (Å²) < 4.78 is 45.0. The van der Waals surface area contributed by atoms with Gasteiger partial charge in [0, 0.05) is 36.9 Å². The van der Waals surface area contributed by atoms with Crippen LogP contribution in [0.1, 0.15) is 47.7 Å². The Bertz CT molecular complexity index is 1190. The van der Waals surface area contributed by atoms with E-state index in [0.717, 1.165) is 12.1 Å². The highest BCUT2D eigenvalue weighted by Crippen LogP contribution is 2.32. The zero-order valence-electron chi connectivity index (χ0n) is 18.7. The normalized spacial score (nSPS) is 20.7. The Morgan fingerprint density at radius 3 is 2.66 bits per heavy atom. The lowest BCUT2D eigenvalue weighted by Crippen LogP contribution is -2.52. The minimum atomic E-state index is -3.78. The molecule has 1 fully saturated rings. The van der Waals surface area contributed by atoms with Gasteiger partial charge < -0.3 is 4.90 Å². The average molecular weight is 463 g/mol. The molecule has 2 atom stereocenters. The molecule has 0 radical (unpaired) electrons. The number of nitrogens with zero attached hydrogens (tertiary/aromatic N) is 1. The number of hydrogen-bond donors (Lipinski definition) is 1. The van der Waals surface area contributed by atoms with E-state index in [0.29, 0.717) is 5.56 Å². The SMILES string of the molecule is [2H]C(CC(=O)C(F)(F)c1ccc(Cl)cc1)c1ccc2c(c1)CN(C1CCC(=O)N([2H])C1=O)C2=O. The molecule has 32 heavy (non-hydrogen) atoms. The van der Waals surface area contributed by atoms with Crippen molar-refractivity contribution in [2.45, 2.75) is 44.2 Å². The predicted octanol–water partition coefficient (Wildman–Crippen LogP) is 3.39. The molecular weight excluding hydrogens is 442 g/mol. The number of aryl methyl sites for hydroxylation is 1. The van der Waals surface area contributed by atoms with Crippen molar-refractivity contribution in [3.8, 4) is 0 Å². The molecule has 0 bridgehead atoms. The van der Waals surface area contributed by atoms with Crippen molar-refractivity contribution < 1.29 is 30.7 Å². The zero-order valence-corrected chi connectivity index (χ0v) is 17.4. The number of fused-ring (bicyclic) bond motifs is 1. The number of halogens is 3. The maximum Gasteiger partial charge on any atom is 0.330 e. The summed E-state index contributed by atoms with van der Waals surface area (Å²) in [5.41, 5.74) is 0.539. The molecule has 2 aromatic carbocycles. The summed E-state index contributed by atoms with van der Waals surface area (Å²) in [6.45, 7) is 0.0159. The van der Waals surface area contributed by atoms with Gasteiger partial charge in [-0.05, 0) is 42.1 Å². The summed E-state index contributed by atoms with van der Waals surface area (Å²) in [7, 11) is 0. The van der Waals surface area contributed by atoms with Crippen LogP contribution < -0.4 is 5.31 Å². The van der Waals surface area contributed by atoms with Gasteiger partial charge in [0.2, 0.25) is 17.6 Å². The molecule has 2 aromatic rings. The Balaban J connectivity index is 1.49. The fraction of sp³-hybridized carbons (Fsp3) is 0.304. The van der Waals surface area contributed by atoms with E-state index in [4.69, 9.17) is 14.4 Å². The number of amides is 3. The Hall–Kier alpha value is -3.13. The van der Waals surface area contributed by atoms with Crippen LogP contribution in [0.2, 0.25) is 6.43 Å². The van der Waals surface area contributed by atoms with E-state index >= 15 is 0 Å².